The lowest BCUT2D eigenvalue weighted by Crippen LogP contribution is -2.57. The highest BCUT2D eigenvalue weighted by Gasteiger charge is 2.38. The molecule has 1 saturated heterocycles. The zero-order valence-corrected chi connectivity index (χ0v) is 13.2. The second-order valence-electron chi connectivity index (χ2n) is 6.84. The summed E-state index contributed by atoms with van der Waals surface area (Å²) in [5.74, 6) is 0. The molecule has 1 N–H and O–H groups in total. The van der Waals surface area contributed by atoms with E-state index in [0.29, 0.717) is 6.42 Å². The van der Waals surface area contributed by atoms with Crippen LogP contribution in [-0.4, -0.2) is 34.4 Å². The molecule has 1 atom stereocenters. The van der Waals surface area contributed by atoms with Gasteiger partial charge in [-0.05, 0) is 46.2 Å². The van der Waals surface area contributed by atoms with E-state index in [1.165, 1.54) is 0 Å². The van der Waals surface area contributed by atoms with Crippen molar-refractivity contribution < 1.29 is 9.84 Å². The smallest absolute Gasteiger partial charge is 0.0957 e. The topological polar surface area (TPSA) is 45.6 Å². The van der Waals surface area contributed by atoms with Crippen LogP contribution in [0.5, 0.6) is 0 Å². The summed E-state index contributed by atoms with van der Waals surface area (Å²) in [6.07, 6.45) is 2.07. The number of morpholine rings is 1. The monoisotopic (exact) mass is 278 g/mol. The molecule has 0 aliphatic carbocycles. The maximum Gasteiger partial charge on any atom is 0.0957 e. The highest BCUT2D eigenvalue weighted by Crippen LogP contribution is 2.31. The van der Waals surface area contributed by atoms with Gasteiger partial charge in [-0.25, -0.2) is 0 Å². The van der Waals surface area contributed by atoms with Crippen molar-refractivity contribution in [2.75, 3.05) is 18.0 Å². The van der Waals surface area contributed by atoms with Gasteiger partial charge in [0.1, 0.15) is 0 Å². The summed E-state index contributed by atoms with van der Waals surface area (Å²) in [5.41, 5.74) is 1.47. The van der Waals surface area contributed by atoms with Gasteiger partial charge in [0, 0.05) is 13.1 Å². The third-order valence-corrected chi connectivity index (χ3v) is 3.56. The van der Waals surface area contributed by atoms with Crippen molar-refractivity contribution >= 4 is 5.69 Å². The molecule has 1 aliphatic rings. The molecule has 4 nitrogen and oxygen atoms in total. The maximum atomic E-state index is 9.80. The lowest BCUT2D eigenvalue weighted by molar-refractivity contribution is -0.133. The van der Waals surface area contributed by atoms with Crippen LogP contribution < -0.4 is 4.90 Å². The second-order valence-corrected chi connectivity index (χ2v) is 6.84. The van der Waals surface area contributed by atoms with Gasteiger partial charge in [0.05, 0.1) is 34.9 Å². The first-order valence-electron chi connectivity index (χ1n) is 7.31. The number of aliphatic hydroxyl groups is 1. The molecule has 4 heteroatoms. The normalized spacial score (nSPS) is 22.6. The van der Waals surface area contributed by atoms with E-state index < -0.39 is 6.10 Å². The average molecular weight is 278 g/mol. The second kappa shape index (κ2) is 5.34. The molecule has 0 amide bonds. The van der Waals surface area contributed by atoms with Crippen molar-refractivity contribution in [3.8, 4) is 0 Å². The molecule has 1 aliphatic heterocycles. The molecule has 0 aromatic carbocycles. The van der Waals surface area contributed by atoms with Crippen molar-refractivity contribution in [3.63, 3.8) is 0 Å². The molecule has 20 heavy (non-hydrogen) atoms. The highest BCUT2D eigenvalue weighted by molar-refractivity contribution is 5.46. The van der Waals surface area contributed by atoms with Crippen LogP contribution in [0.4, 0.5) is 5.69 Å². The van der Waals surface area contributed by atoms with E-state index in [-0.39, 0.29) is 11.2 Å². The molecular weight excluding hydrogens is 252 g/mol. The first-order valence-corrected chi connectivity index (χ1v) is 7.31. The van der Waals surface area contributed by atoms with Crippen LogP contribution in [0.2, 0.25) is 0 Å². The largest absolute Gasteiger partial charge is 0.387 e. The molecule has 0 spiro atoms. The van der Waals surface area contributed by atoms with E-state index in [1.54, 1.807) is 0 Å². The lowest BCUT2D eigenvalue weighted by Gasteiger charge is -2.48. The van der Waals surface area contributed by atoms with E-state index in [1.807, 2.05) is 25.3 Å². The Morgan fingerprint density at radius 1 is 1.25 bits per heavy atom. The number of hydrogen-bond donors (Lipinski definition) is 1. The number of aromatic nitrogens is 1. The number of nitrogens with zero attached hydrogens (tertiary/aromatic N) is 2. The zero-order chi connectivity index (χ0) is 15.0. The molecule has 112 valence electrons. The van der Waals surface area contributed by atoms with Crippen LogP contribution >= 0.6 is 0 Å². The van der Waals surface area contributed by atoms with E-state index >= 15 is 0 Å². The minimum absolute atomic E-state index is 0.177. The molecule has 1 aromatic heterocycles. The zero-order valence-electron chi connectivity index (χ0n) is 13.2. The Morgan fingerprint density at radius 3 is 2.30 bits per heavy atom. The van der Waals surface area contributed by atoms with Crippen molar-refractivity contribution in [2.45, 2.75) is 58.3 Å². The number of aliphatic hydroxyl groups excluding tert-OH is 1. The van der Waals surface area contributed by atoms with Gasteiger partial charge in [0.25, 0.3) is 0 Å². The summed E-state index contributed by atoms with van der Waals surface area (Å²) in [6.45, 7) is 12.1. The summed E-state index contributed by atoms with van der Waals surface area (Å²) in [7, 11) is 0. The van der Waals surface area contributed by atoms with Gasteiger partial charge in [0.15, 0.2) is 0 Å². The SMILES string of the molecule is CC[C@H](O)c1ccc(N2CC(C)(C)OC(C)(C)C2)cn1. The standard InChI is InChI=1S/C16H26N2O2/c1-6-14(19)13-8-7-12(9-17-13)18-10-15(2,3)20-16(4,5)11-18/h7-9,14,19H,6,10-11H2,1-5H3/t14-/m0/s1. The summed E-state index contributed by atoms with van der Waals surface area (Å²) in [4.78, 5) is 6.69. The predicted molar refractivity (Wildman–Crippen MR) is 80.9 cm³/mol. The van der Waals surface area contributed by atoms with E-state index in [0.717, 1.165) is 24.5 Å². The van der Waals surface area contributed by atoms with Gasteiger partial charge < -0.3 is 14.7 Å². The number of ether oxygens (including phenoxy) is 1. The Labute approximate surface area is 121 Å². The van der Waals surface area contributed by atoms with E-state index in [2.05, 4.69) is 37.6 Å². The molecule has 2 rings (SSSR count). The Kier molecular flexibility index (Phi) is 4.07. The van der Waals surface area contributed by atoms with Gasteiger partial charge in [-0.3, -0.25) is 4.98 Å². The lowest BCUT2D eigenvalue weighted by atomic mass is 9.98. The van der Waals surface area contributed by atoms with Gasteiger partial charge >= 0.3 is 0 Å². The number of pyridine rings is 1. The summed E-state index contributed by atoms with van der Waals surface area (Å²) < 4.78 is 6.09. The molecule has 1 fully saturated rings. The fourth-order valence-corrected chi connectivity index (χ4v) is 2.96. The van der Waals surface area contributed by atoms with Crippen LogP contribution in [-0.2, 0) is 4.74 Å². The van der Waals surface area contributed by atoms with Gasteiger partial charge in [-0.1, -0.05) is 6.92 Å². The summed E-state index contributed by atoms with van der Waals surface area (Å²) in [5, 5.41) is 9.80. The van der Waals surface area contributed by atoms with Crippen LogP contribution in [0.3, 0.4) is 0 Å². The summed E-state index contributed by atoms with van der Waals surface area (Å²) >= 11 is 0. The average Bonchev–Trinajstić information content (AvgIpc) is 2.34. The van der Waals surface area contributed by atoms with Crippen molar-refractivity contribution in [1.29, 1.82) is 0 Å². The molecule has 0 radical (unpaired) electrons. The van der Waals surface area contributed by atoms with Crippen LogP contribution in [0.1, 0.15) is 52.8 Å². The maximum absolute atomic E-state index is 9.80. The van der Waals surface area contributed by atoms with E-state index in [4.69, 9.17) is 4.74 Å². The first-order chi connectivity index (χ1) is 9.22. The number of rotatable bonds is 3. The molecule has 0 unspecified atom stereocenters. The minimum Gasteiger partial charge on any atom is -0.387 e. The molecular formula is C16H26N2O2. The number of hydrogen-bond acceptors (Lipinski definition) is 4. The third kappa shape index (κ3) is 3.49. The molecule has 0 bridgehead atoms. The van der Waals surface area contributed by atoms with Crippen LogP contribution in [0.15, 0.2) is 18.3 Å². The predicted octanol–water partition coefficient (Wildman–Crippen LogP) is 2.92. The highest BCUT2D eigenvalue weighted by atomic mass is 16.5. The van der Waals surface area contributed by atoms with Crippen molar-refractivity contribution in [1.82, 2.24) is 4.98 Å². The quantitative estimate of drug-likeness (QED) is 0.923. The Bertz CT molecular complexity index is 438. The van der Waals surface area contributed by atoms with Gasteiger partial charge in [0.2, 0.25) is 0 Å². The van der Waals surface area contributed by atoms with Gasteiger partial charge in [-0.15, -0.1) is 0 Å². The summed E-state index contributed by atoms with van der Waals surface area (Å²) in [6, 6.07) is 3.96. The minimum atomic E-state index is -0.471. The Hall–Kier alpha value is -1.13. The van der Waals surface area contributed by atoms with Crippen LogP contribution in [0, 0.1) is 0 Å². The first kappa shape index (κ1) is 15.3. The van der Waals surface area contributed by atoms with Gasteiger partial charge in [-0.2, -0.15) is 0 Å². The van der Waals surface area contributed by atoms with E-state index in [9.17, 15) is 5.11 Å². The molecule has 1 aromatic rings. The Balaban J connectivity index is 2.18. The Morgan fingerprint density at radius 2 is 1.85 bits per heavy atom. The van der Waals surface area contributed by atoms with Crippen molar-refractivity contribution in [3.05, 3.63) is 24.0 Å². The third-order valence-electron chi connectivity index (χ3n) is 3.56. The van der Waals surface area contributed by atoms with Crippen molar-refractivity contribution in [2.24, 2.45) is 0 Å². The molecule has 2 heterocycles. The van der Waals surface area contributed by atoms with Crippen LogP contribution in [0.25, 0.3) is 0 Å². The molecule has 0 saturated carbocycles. The fraction of sp³-hybridized carbons (Fsp3) is 0.688. The fourth-order valence-electron chi connectivity index (χ4n) is 2.96. The number of anilines is 1.